The number of methoxy groups -OCH3 is 2. The summed E-state index contributed by atoms with van der Waals surface area (Å²) in [5.74, 6) is -0.230. The zero-order chi connectivity index (χ0) is 22.8. The topological polar surface area (TPSA) is 99.7 Å². The zero-order valence-electron chi connectivity index (χ0n) is 17.7. The fourth-order valence-corrected chi connectivity index (χ4v) is 4.03. The monoisotopic (exact) mass is 438 g/mol. The third-order valence-electron chi connectivity index (χ3n) is 5.57. The maximum atomic E-state index is 13.6. The van der Waals surface area contributed by atoms with Crippen LogP contribution in [0.4, 0.5) is 10.2 Å². The van der Waals surface area contributed by atoms with E-state index in [0.717, 1.165) is 0 Å². The molecule has 0 unspecified atom stereocenters. The van der Waals surface area contributed by atoms with E-state index in [1.807, 2.05) is 0 Å². The molecule has 1 fully saturated rings. The summed E-state index contributed by atoms with van der Waals surface area (Å²) < 4.78 is 25.6. The number of nitrogens with two attached hydrogens (primary N) is 1. The first-order valence-electron chi connectivity index (χ1n) is 10.1. The third kappa shape index (κ3) is 3.66. The van der Waals surface area contributed by atoms with Crippen molar-refractivity contribution in [1.29, 1.82) is 0 Å². The first kappa shape index (κ1) is 21.4. The maximum absolute atomic E-state index is 13.6. The number of ketones is 1. The van der Waals surface area contributed by atoms with E-state index >= 15 is 0 Å². The van der Waals surface area contributed by atoms with Crippen LogP contribution >= 0.6 is 0 Å². The third-order valence-corrected chi connectivity index (χ3v) is 5.57. The molecule has 9 heteroatoms. The van der Waals surface area contributed by atoms with Crippen LogP contribution < -0.4 is 15.2 Å². The molecule has 0 radical (unpaired) electrons. The number of halogens is 1. The van der Waals surface area contributed by atoms with E-state index in [-0.39, 0.29) is 23.1 Å². The zero-order valence-corrected chi connectivity index (χ0v) is 17.7. The lowest BCUT2D eigenvalue weighted by Crippen LogP contribution is -2.40. The van der Waals surface area contributed by atoms with Crippen molar-refractivity contribution in [2.45, 2.75) is 18.9 Å². The molecule has 32 heavy (non-hydrogen) atoms. The van der Waals surface area contributed by atoms with Crippen molar-refractivity contribution in [3.05, 3.63) is 65.6 Å². The first-order valence-corrected chi connectivity index (χ1v) is 10.1. The predicted molar refractivity (Wildman–Crippen MR) is 116 cm³/mol. The quantitative estimate of drug-likeness (QED) is 0.594. The van der Waals surface area contributed by atoms with Crippen LogP contribution in [0.1, 0.15) is 33.6 Å². The number of aromatic nitrogens is 2. The summed E-state index contributed by atoms with van der Waals surface area (Å²) in [6.45, 7) is 0.424. The van der Waals surface area contributed by atoms with Gasteiger partial charge in [0.25, 0.3) is 5.91 Å². The van der Waals surface area contributed by atoms with Gasteiger partial charge in [-0.15, -0.1) is 0 Å². The highest BCUT2D eigenvalue weighted by Gasteiger charge is 2.37. The van der Waals surface area contributed by atoms with Gasteiger partial charge >= 0.3 is 0 Å². The van der Waals surface area contributed by atoms with E-state index in [9.17, 15) is 14.0 Å². The van der Waals surface area contributed by atoms with Crippen molar-refractivity contribution in [2.75, 3.05) is 26.5 Å². The Kier molecular flexibility index (Phi) is 5.81. The number of Topliss-reactive ketones (excluding diaryl/α,β-unsaturated/α-hetero) is 1. The molecule has 0 bridgehead atoms. The average Bonchev–Trinajstić information content (AvgIpc) is 3.44. The lowest BCUT2D eigenvalue weighted by molar-refractivity contribution is 0.0668. The number of para-hydroxylation sites is 1. The van der Waals surface area contributed by atoms with Gasteiger partial charge in [-0.3, -0.25) is 9.59 Å². The fourth-order valence-electron chi connectivity index (χ4n) is 4.03. The van der Waals surface area contributed by atoms with Gasteiger partial charge in [0.1, 0.15) is 11.6 Å². The largest absolute Gasteiger partial charge is 0.493 e. The number of ether oxygens (including phenoxy) is 2. The number of hydrogen-bond acceptors (Lipinski definition) is 6. The Bertz CT molecular complexity index is 1180. The fraction of sp³-hybridized carbons (Fsp3) is 0.261. The molecule has 3 aromatic rings. The number of amides is 1. The number of benzene rings is 2. The second kappa shape index (κ2) is 8.70. The van der Waals surface area contributed by atoms with Crippen LogP contribution in [0, 0.1) is 5.82 Å². The Hall–Kier alpha value is -3.88. The predicted octanol–water partition coefficient (Wildman–Crippen LogP) is 3.10. The van der Waals surface area contributed by atoms with Crippen molar-refractivity contribution in [3.8, 4) is 17.2 Å². The molecule has 1 saturated heterocycles. The molecule has 1 amide bonds. The van der Waals surface area contributed by atoms with Gasteiger partial charge < -0.3 is 20.1 Å². The average molecular weight is 438 g/mol. The molecular weight excluding hydrogens is 415 g/mol. The van der Waals surface area contributed by atoms with Gasteiger partial charge in [-0.05, 0) is 43.2 Å². The number of anilines is 1. The molecule has 1 aliphatic heterocycles. The summed E-state index contributed by atoms with van der Waals surface area (Å²) in [5.41, 5.74) is 7.10. The van der Waals surface area contributed by atoms with Gasteiger partial charge in [0.05, 0.1) is 43.3 Å². The van der Waals surface area contributed by atoms with Crippen LogP contribution in [0.5, 0.6) is 11.5 Å². The van der Waals surface area contributed by atoms with Crippen LogP contribution in [0.15, 0.2) is 48.7 Å². The Morgan fingerprint density at radius 1 is 1.12 bits per heavy atom. The molecule has 2 aromatic carbocycles. The van der Waals surface area contributed by atoms with Crippen molar-refractivity contribution < 1.29 is 23.5 Å². The van der Waals surface area contributed by atoms with Crippen molar-refractivity contribution in [3.63, 3.8) is 0 Å². The summed E-state index contributed by atoms with van der Waals surface area (Å²) in [5, 5.41) is 4.16. The number of carbonyl (C=O) groups excluding carboxylic acids is 2. The van der Waals surface area contributed by atoms with Gasteiger partial charge in [0.2, 0.25) is 0 Å². The van der Waals surface area contributed by atoms with Crippen molar-refractivity contribution >= 4 is 17.5 Å². The first-order chi connectivity index (χ1) is 15.5. The lowest BCUT2D eigenvalue weighted by Gasteiger charge is -2.24. The summed E-state index contributed by atoms with van der Waals surface area (Å²) in [6, 6.07) is 10.1. The van der Waals surface area contributed by atoms with Crippen LogP contribution in [0.3, 0.4) is 0 Å². The minimum Gasteiger partial charge on any atom is -0.493 e. The molecule has 1 atom stereocenters. The molecule has 4 rings (SSSR count). The van der Waals surface area contributed by atoms with E-state index in [4.69, 9.17) is 15.2 Å². The van der Waals surface area contributed by atoms with E-state index in [1.54, 1.807) is 24.3 Å². The molecule has 2 N–H and O–H groups in total. The molecular formula is C23H23FN4O4. The molecule has 1 aromatic heterocycles. The van der Waals surface area contributed by atoms with Crippen LogP contribution in [-0.4, -0.2) is 53.2 Å². The Morgan fingerprint density at radius 2 is 1.91 bits per heavy atom. The number of nitrogens with zero attached hydrogens (tertiary/aromatic N) is 3. The van der Waals surface area contributed by atoms with Gasteiger partial charge in [-0.1, -0.05) is 12.1 Å². The second-order valence-electron chi connectivity index (χ2n) is 7.40. The van der Waals surface area contributed by atoms with Crippen molar-refractivity contribution in [2.24, 2.45) is 0 Å². The highest BCUT2D eigenvalue weighted by Crippen LogP contribution is 2.34. The maximum Gasteiger partial charge on any atom is 0.258 e. The molecule has 0 spiro atoms. The Labute approximate surface area is 184 Å². The Balaban J connectivity index is 1.64. The molecule has 2 heterocycles. The molecule has 8 nitrogen and oxygen atoms in total. The molecule has 0 saturated carbocycles. The van der Waals surface area contributed by atoms with E-state index in [1.165, 1.54) is 48.2 Å². The number of likely N-dealkylation sites (tertiary alicyclic amines) is 1. The number of nitrogen functional groups attached to an aromatic ring is 1. The highest BCUT2D eigenvalue weighted by atomic mass is 19.1. The normalized spacial score (nSPS) is 15.6. The summed E-state index contributed by atoms with van der Waals surface area (Å²) in [4.78, 5) is 28.2. The SMILES string of the molecule is COc1cccc(C(=O)N2CCC[C@@H]2C(=O)c2cnn(-c3cccc(F)c3)c2N)c1OC. The van der Waals surface area contributed by atoms with Gasteiger partial charge in [-0.25, -0.2) is 9.07 Å². The van der Waals surface area contributed by atoms with Crippen LogP contribution in [-0.2, 0) is 0 Å². The van der Waals surface area contributed by atoms with Crippen molar-refractivity contribution in [1.82, 2.24) is 14.7 Å². The second-order valence-corrected chi connectivity index (χ2v) is 7.40. The van der Waals surface area contributed by atoms with Gasteiger partial charge in [-0.2, -0.15) is 5.10 Å². The number of rotatable bonds is 6. The van der Waals surface area contributed by atoms with E-state index in [2.05, 4.69) is 5.10 Å². The summed E-state index contributed by atoms with van der Waals surface area (Å²) in [7, 11) is 2.95. The van der Waals surface area contributed by atoms with Gasteiger partial charge in [0.15, 0.2) is 17.3 Å². The highest BCUT2D eigenvalue weighted by molar-refractivity contribution is 6.07. The van der Waals surface area contributed by atoms with Gasteiger partial charge in [0, 0.05) is 6.54 Å². The Morgan fingerprint density at radius 3 is 2.62 bits per heavy atom. The minimum absolute atomic E-state index is 0.0962. The van der Waals surface area contributed by atoms with E-state index in [0.29, 0.717) is 42.1 Å². The summed E-state index contributed by atoms with van der Waals surface area (Å²) >= 11 is 0. The van der Waals surface area contributed by atoms with Crippen LogP contribution in [0.2, 0.25) is 0 Å². The number of hydrogen-bond donors (Lipinski definition) is 1. The molecule has 166 valence electrons. The minimum atomic E-state index is -0.689. The molecule has 1 aliphatic rings. The smallest absolute Gasteiger partial charge is 0.258 e. The van der Waals surface area contributed by atoms with E-state index < -0.39 is 11.9 Å². The lowest BCUT2D eigenvalue weighted by atomic mass is 10.0. The summed E-state index contributed by atoms with van der Waals surface area (Å²) in [6.07, 6.45) is 2.53. The molecule has 0 aliphatic carbocycles. The standard InChI is InChI=1S/C23H23FN4O4/c1-31-19-10-4-8-16(21(19)32-2)23(30)27-11-5-9-18(27)20(29)17-13-26-28(22(17)25)15-7-3-6-14(24)12-15/h3-4,6-8,10,12-13,18H,5,9,11,25H2,1-2H3/t18-/m1/s1. The number of carbonyl (C=O) groups is 2. The van der Waals surface area contributed by atoms with Crippen LogP contribution in [0.25, 0.3) is 5.69 Å².